The van der Waals surface area contributed by atoms with Crippen LogP contribution in [0.25, 0.3) is 0 Å². The van der Waals surface area contributed by atoms with Crippen molar-refractivity contribution in [3.05, 3.63) is 0 Å². The van der Waals surface area contributed by atoms with Crippen molar-refractivity contribution in [3.8, 4) is 0 Å². The normalized spacial score (nSPS) is 33.9. The maximum Gasteiger partial charge on any atom is 0.00387 e. The summed E-state index contributed by atoms with van der Waals surface area (Å²) in [6.07, 6.45) is 7.23. The van der Waals surface area contributed by atoms with Crippen LogP contribution in [-0.4, -0.2) is 49.1 Å². The van der Waals surface area contributed by atoms with Crippen LogP contribution in [0.2, 0.25) is 0 Å². The lowest BCUT2D eigenvalue weighted by atomic mass is 9.82. The van der Waals surface area contributed by atoms with E-state index in [1.54, 1.807) is 0 Å². The summed E-state index contributed by atoms with van der Waals surface area (Å²) in [4.78, 5) is 5.26. The molecule has 2 unspecified atom stereocenters. The number of piperidine rings is 1. The Morgan fingerprint density at radius 2 is 1.59 bits per heavy atom. The SMILES string of the molecule is CC(C)N1CCCC(C2CCCCN(C)C2)C1. The van der Waals surface area contributed by atoms with Gasteiger partial charge < -0.3 is 9.80 Å². The molecule has 0 amide bonds. The van der Waals surface area contributed by atoms with Crippen LogP contribution in [0, 0.1) is 11.8 Å². The summed E-state index contributed by atoms with van der Waals surface area (Å²) in [6.45, 7) is 10.0. The maximum absolute atomic E-state index is 2.69. The first-order valence-corrected chi connectivity index (χ1v) is 7.59. The van der Waals surface area contributed by atoms with Crippen molar-refractivity contribution in [3.63, 3.8) is 0 Å². The van der Waals surface area contributed by atoms with E-state index in [2.05, 4.69) is 30.7 Å². The van der Waals surface area contributed by atoms with E-state index < -0.39 is 0 Å². The Labute approximate surface area is 107 Å². The molecule has 2 saturated heterocycles. The molecule has 0 aromatic carbocycles. The highest BCUT2D eigenvalue weighted by atomic mass is 15.2. The molecule has 0 spiro atoms. The topological polar surface area (TPSA) is 6.48 Å². The van der Waals surface area contributed by atoms with Gasteiger partial charge in [-0.3, -0.25) is 0 Å². The van der Waals surface area contributed by atoms with E-state index in [1.165, 1.54) is 58.3 Å². The van der Waals surface area contributed by atoms with Crippen molar-refractivity contribution in [2.45, 2.75) is 52.0 Å². The minimum atomic E-state index is 0.737. The molecule has 2 heteroatoms. The lowest BCUT2D eigenvalue weighted by Crippen LogP contribution is -2.43. The van der Waals surface area contributed by atoms with Gasteiger partial charge in [0, 0.05) is 19.1 Å². The molecule has 2 fully saturated rings. The van der Waals surface area contributed by atoms with Gasteiger partial charge in [0.2, 0.25) is 0 Å². The fourth-order valence-corrected chi connectivity index (χ4v) is 3.65. The zero-order chi connectivity index (χ0) is 12.3. The molecule has 2 nitrogen and oxygen atoms in total. The number of nitrogens with zero attached hydrogens (tertiary/aromatic N) is 2. The molecular weight excluding hydrogens is 208 g/mol. The molecule has 0 radical (unpaired) electrons. The third kappa shape index (κ3) is 3.69. The highest BCUT2D eigenvalue weighted by Gasteiger charge is 2.29. The molecule has 2 atom stereocenters. The van der Waals surface area contributed by atoms with Gasteiger partial charge in [0.1, 0.15) is 0 Å². The second-order valence-corrected chi connectivity index (χ2v) is 6.51. The van der Waals surface area contributed by atoms with Crippen LogP contribution < -0.4 is 0 Å². The lowest BCUT2D eigenvalue weighted by Gasteiger charge is -2.39. The summed E-state index contributed by atoms with van der Waals surface area (Å²) >= 11 is 0. The van der Waals surface area contributed by atoms with Gasteiger partial charge in [-0.25, -0.2) is 0 Å². The van der Waals surface area contributed by atoms with E-state index in [1.807, 2.05) is 0 Å². The smallest absolute Gasteiger partial charge is 0.00387 e. The Hall–Kier alpha value is -0.0800. The van der Waals surface area contributed by atoms with Crippen LogP contribution in [0.1, 0.15) is 46.0 Å². The molecular formula is C15H30N2. The van der Waals surface area contributed by atoms with Crippen molar-refractivity contribution >= 4 is 0 Å². The average molecular weight is 238 g/mol. The third-order valence-corrected chi connectivity index (χ3v) is 4.80. The largest absolute Gasteiger partial charge is 0.306 e. The zero-order valence-electron chi connectivity index (χ0n) is 12.0. The number of hydrogen-bond donors (Lipinski definition) is 0. The molecule has 0 N–H and O–H groups in total. The van der Waals surface area contributed by atoms with Gasteiger partial charge in [0.15, 0.2) is 0 Å². The number of hydrogen-bond acceptors (Lipinski definition) is 2. The zero-order valence-corrected chi connectivity index (χ0v) is 12.0. The second kappa shape index (κ2) is 6.19. The maximum atomic E-state index is 2.69. The van der Waals surface area contributed by atoms with Crippen molar-refractivity contribution in [2.24, 2.45) is 11.8 Å². The Bertz CT molecular complexity index is 227. The fraction of sp³-hybridized carbons (Fsp3) is 1.00. The lowest BCUT2D eigenvalue weighted by molar-refractivity contribution is 0.0946. The van der Waals surface area contributed by atoms with Gasteiger partial charge in [-0.15, -0.1) is 0 Å². The predicted octanol–water partition coefficient (Wildman–Crippen LogP) is 2.84. The third-order valence-electron chi connectivity index (χ3n) is 4.80. The van der Waals surface area contributed by atoms with Gasteiger partial charge in [-0.1, -0.05) is 6.42 Å². The summed E-state index contributed by atoms with van der Waals surface area (Å²) in [5.74, 6) is 1.93. The van der Waals surface area contributed by atoms with E-state index in [-0.39, 0.29) is 0 Å². The van der Waals surface area contributed by atoms with Crippen LogP contribution in [-0.2, 0) is 0 Å². The summed E-state index contributed by atoms with van der Waals surface area (Å²) < 4.78 is 0. The predicted molar refractivity (Wildman–Crippen MR) is 74.3 cm³/mol. The van der Waals surface area contributed by atoms with Crippen LogP contribution in [0.5, 0.6) is 0 Å². The van der Waals surface area contributed by atoms with Gasteiger partial charge in [-0.05, 0) is 71.5 Å². The van der Waals surface area contributed by atoms with Crippen molar-refractivity contribution in [1.29, 1.82) is 0 Å². The van der Waals surface area contributed by atoms with E-state index in [0.29, 0.717) is 0 Å². The summed E-state index contributed by atoms with van der Waals surface area (Å²) in [6, 6.07) is 0.737. The minimum absolute atomic E-state index is 0.737. The number of likely N-dealkylation sites (tertiary alicyclic amines) is 2. The first-order chi connectivity index (χ1) is 8.16. The molecule has 2 aliphatic rings. The average Bonchev–Trinajstić information content (AvgIpc) is 2.54. The number of rotatable bonds is 2. The second-order valence-electron chi connectivity index (χ2n) is 6.51. The molecule has 0 aromatic rings. The van der Waals surface area contributed by atoms with Crippen molar-refractivity contribution in [2.75, 3.05) is 33.2 Å². The van der Waals surface area contributed by atoms with E-state index in [9.17, 15) is 0 Å². The van der Waals surface area contributed by atoms with Gasteiger partial charge in [0.05, 0.1) is 0 Å². The van der Waals surface area contributed by atoms with Crippen molar-refractivity contribution in [1.82, 2.24) is 9.80 Å². The van der Waals surface area contributed by atoms with Crippen LogP contribution >= 0.6 is 0 Å². The quantitative estimate of drug-likeness (QED) is 0.730. The van der Waals surface area contributed by atoms with Crippen LogP contribution in [0.3, 0.4) is 0 Å². The summed E-state index contributed by atoms with van der Waals surface area (Å²) in [7, 11) is 2.31. The Morgan fingerprint density at radius 1 is 0.882 bits per heavy atom. The van der Waals surface area contributed by atoms with Gasteiger partial charge in [0.25, 0.3) is 0 Å². The Kier molecular flexibility index (Phi) is 4.87. The molecule has 0 saturated carbocycles. The minimum Gasteiger partial charge on any atom is -0.306 e. The highest BCUT2D eigenvalue weighted by Crippen LogP contribution is 2.30. The molecule has 0 aromatic heterocycles. The van der Waals surface area contributed by atoms with Crippen LogP contribution in [0.15, 0.2) is 0 Å². The molecule has 100 valence electrons. The first-order valence-electron chi connectivity index (χ1n) is 7.59. The fourth-order valence-electron chi connectivity index (χ4n) is 3.65. The summed E-state index contributed by atoms with van der Waals surface area (Å²) in [5, 5.41) is 0. The Balaban J connectivity index is 1.91. The van der Waals surface area contributed by atoms with Crippen molar-refractivity contribution < 1.29 is 0 Å². The first kappa shape index (κ1) is 13.4. The monoisotopic (exact) mass is 238 g/mol. The molecule has 0 bridgehead atoms. The molecule has 0 aliphatic carbocycles. The summed E-state index contributed by atoms with van der Waals surface area (Å²) in [5.41, 5.74) is 0. The molecule has 2 aliphatic heterocycles. The van der Waals surface area contributed by atoms with E-state index in [4.69, 9.17) is 0 Å². The van der Waals surface area contributed by atoms with E-state index in [0.717, 1.165) is 17.9 Å². The van der Waals surface area contributed by atoms with E-state index >= 15 is 0 Å². The molecule has 2 rings (SSSR count). The Morgan fingerprint density at radius 3 is 2.35 bits per heavy atom. The van der Waals surface area contributed by atoms with Crippen LogP contribution in [0.4, 0.5) is 0 Å². The standard InChI is InChI=1S/C15H30N2/c1-13(2)17-10-6-8-15(12-17)14-7-4-5-9-16(3)11-14/h13-15H,4-12H2,1-3H3. The highest BCUT2D eigenvalue weighted by molar-refractivity contribution is 4.82. The molecule has 2 heterocycles. The van der Waals surface area contributed by atoms with Gasteiger partial charge >= 0.3 is 0 Å². The van der Waals surface area contributed by atoms with Gasteiger partial charge in [-0.2, -0.15) is 0 Å². The molecule has 17 heavy (non-hydrogen) atoms.